The number of anilines is 1. The maximum atomic E-state index is 14.1. The number of hydrogen-bond donors (Lipinski definition) is 1. The second-order valence-electron chi connectivity index (χ2n) is 9.81. The van der Waals surface area contributed by atoms with Gasteiger partial charge in [-0.15, -0.1) is 0 Å². The number of para-hydroxylation sites is 1. The molecule has 0 unspecified atom stereocenters. The number of methoxy groups -OCH3 is 2. The van der Waals surface area contributed by atoms with Gasteiger partial charge in [0, 0.05) is 5.69 Å². The van der Waals surface area contributed by atoms with Crippen LogP contribution in [0.3, 0.4) is 0 Å². The summed E-state index contributed by atoms with van der Waals surface area (Å²) < 4.78 is 23.3. The van der Waals surface area contributed by atoms with Gasteiger partial charge < -0.3 is 24.3 Å². The van der Waals surface area contributed by atoms with Crippen LogP contribution in [-0.2, 0) is 14.3 Å². The Balaban J connectivity index is 1.60. The molecule has 45 heavy (non-hydrogen) atoms. The van der Waals surface area contributed by atoms with Gasteiger partial charge in [-0.05, 0) is 67.4 Å². The maximum Gasteiger partial charge on any atom is 0.344 e. The number of ether oxygens (including phenoxy) is 4. The molecular weight excluding hydrogens is 618 g/mol. The van der Waals surface area contributed by atoms with Gasteiger partial charge in [0.15, 0.2) is 22.9 Å². The van der Waals surface area contributed by atoms with Gasteiger partial charge in [0.05, 0.1) is 47.7 Å². The van der Waals surface area contributed by atoms with Crippen LogP contribution in [0, 0.1) is 0 Å². The summed E-state index contributed by atoms with van der Waals surface area (Å²) in [6.45, 7) is 3.33. The number of rotatable bonds is 10. The van der Waals surface area contributed by atoms with Crippen molar-refractivity contribution in [2.24, 2.45) is 4.99 Å². The Kier molecular flexibility index (Phi) is 9.70. The standard InChI is InChI=1S/C33H30ClN3O7S/c1-5-43-27(38)18-44-30-24(34)14-20(15-25(30)42-4)16-26-32(40)37-29(21-10-9-13-23(17-21)41-3)28(19(2)35-33(37)45-26)31(39)36-22-11-7-6-8-12-22/h6-17,29H,5,18H2,1-4H3,(H,36,39)/b26-16-/t29-/m1/s1. The Labute approximate surface area is 267 Å². The molecule has 0 fully saturated rings. The molecular formula is C33H30ClN3O7S. The monoisotopic (exact) mass is 647 g/mol. The van der Waals surface area contributed by atoms with E-state index in [1.54, 1.807) is 63.4 Å². The number of carbonyl (C=O) groups excluding carboxylic acids is 2. The van der Waals surface area contributed by atoms with Crippen molar-refractivity contribution < 1.29 is 28.5 Å². The van der Waals surface area contributed by atoms with Crippen molar-refractivity contribution in [3.63, 3.8) is 0 Å². The quantitative estimate of drug-likeness (QED) is 0.252. The van der Waals surface area contributed by atoms with Crippen molar-refractivity contribution in [1.82, 2.24) is 4.57 Å². The zero-order valence-electron chi connectivity index (χ0n) is 25.0. The molecule has 0 bridgehead atoms. The highest BCUT2D eigenvalue weighted by atomic mass is 35.5. The van der Waals surface area contributed by atoms with E-state index in [-0.39, 0.29) is 41.2 Å². The number of esters is 1. The number of nitrogens with one attached hydrogen (secondary N) is 1. The molecule has 1 amide bonds. The summed E-state index contributed by atoms with van der Waals surface area (Å²) in [5, 5.41) is 3.12. The number of halogens is 1. The highest BCUT2D eigenvalue weighted by Crippen LogP contribution is 2.37. The van der Waals surface area contributed by atoms with Crippen LogP contribution in [0.4, 0.5) is 5.69 Å². The molecule has 0 spiro atoms. The molecule has 1 aliphatic rings. The predicted octanol–water partition coefficient (Wildman–Crippen LogP) is 4.49. The first kappa shape index (κ1) is 31.6. The normalized spacial score (nSPS) is 14.3. The van der Waals surface area contributed by atoms with Crippen molar-refractivity contribution in [1.29, 1.82) is 0 Å². The number of benzene rings is 3. The lowest BCUT2D eigenvalue weighted by Crippen LogP contribution is -2.40. The summed E-state index contributed by atoms with van der Waals surface area (Å²) in [6.07, 6.45) is 1.67. The molecule has 12 heteroatoms. The molecule has 4 aromatic rings. The van der Waals surface area contributed by atoms with E-state index in [0.29, 0.717) is 43.2 Å². The van der Waals surface area contributed by atoms with Crippen LogP contribution in [0.2, 0.25) is 5.02 Å². The summed E-state index contributed by atoms with van der Waals surface area (Å²) >= 11 is 7.70. The van der Waals surface area contributed by atoms with Crippen molar-refractivity contribution >= 4 is 46.6 Å². The van der Waals surface area contributed by atoms with Gasteiger partial charge in [-0.2, -0.15) is 0 Å². The summed E-state index contributed by atoms with van der Waals surface area (Å²) in [5.41, 5.74) is 2.33. The molecule has 2 heterocycles. The molecule has 1 aliphatic heterocycles. The van der Waals surface area contributed by atoms with Crippen LogP contribution in [0.5, 0.6) is 17.2 Å². The summed E-state index contributed by atoms with van der Waals surface area (Å²) in [4.78, 5) is 44.8. The van der Waals surface area contributed by atoms with Crippen molar-refractivity contribution in [3.05, 3.63) is 114 Å². The number of hydrogen-bond acceptors (Lipinski definition) is 9. The number of allylic oxidation sites excluding steroid dienone is 1. The SMILES string of the molecule is CCOC(=O)COc1c(Cl)cc(/C=c2\sc3n(c2=O)[C@H](c2cccc(OC)c2)C(C(=O)Nc2ccccc2)=C(C)N=3)cc1OC. The minimum absolute atomic E-state index is 0.175. The Morgan fingerprint density at radius 2 is 1.84 bits per heavy atom. The Morgan fingerprint density at radius 3 is 2.56 bits per heavy atom. The van der Waals surface area contributed by atoms with Gasteiger partial charge in [0.2, 0.25) is 0 Å². The smallest absolute Gasteiger partial charge is 0.344 e. The Bertz CT molecular complexity index is 1970. The topological polar surface area (TPSA) is 117 Å². The van der Waals surface area contributed by atoms with E-state index >= 15 is 0 Å². The van der Waals surface area contributed by atoms with Crippen LogP contribution < -0.4 is 34.4 Å². The van der Waals surface area contributed by atoms with Crippen molar-refractivity contribution in [2.45, 2.75) is 19.9 Å². The van der Waals surface area contributed by atoms with Gasteiger partial charge in [-0.1, -0.05) is 53.3 Å². The van der Waals surface area contributed by atoms with Crippen LogP contribution in [-0.4, -0.2) is 43.9 Å². The van der Waals surface area contributed by atoms with Gasteiger partial charge in [0.1, 0.15) is 5.75 Å². The summed E-state index contributed by atoms with van der Waals surface area (Å²) in [6, 6.07) is 18.8. The third-order valence-corrected chi connectivity index (χ3v) is 8.16. The van der Waals surface area contributed by atoms with Crippen LogP contribution in [0.15, 0.2) is 87.8 Å². The molecule has 1 N–H and O–H groups in total. The van der Waals surface area contributed by atoms with E-state index in [2.05, 4.69) is 10.3 Å². The minimum atomic E-state index is -0.779. The average molecular weight is 648 g/mol. The first-order chi connectivity index (χ1) is 21.7. The van der Waals surface area contributed by atoms with Gasteiger partial charge >= 0.3 is 5.97 Å². The largest absolute Gasteiger partial charge is 0.497 e. The molecule has 10 nitrogen and oxygen atoms in total. The average Bonchev–Trinajstić information content (AvgIpc) is 3.33. The lowest BCUT2D eigenvalue weighted by molar-refractivity contribution is -0.145. The third-order valence-electron chi connectivity index (χ3n) is 6.90. The lowest BCUT2D eigenvalue weighted by atomic mass is 9.95. The van der Waals surface area contributed by atoms with E-state index in [1.807, 2.05) is 30.3 Å². The number of nitrogens with zero attached hydrogens (tertiary/aromatic N) is 2. The number of aromatic nitrogens is 1. The Morgan fingerprint density at radius 1 is 1.07 bits per heavy atom. The van der Waals surface area contributed by atoms with E-state index in [0.717, 1.165) is 0 Å². The predicted molar refractivity (Wildman–Crippen MR) is 172 cm³/mol. The first-order valence-corrected chi connectivity index (χ1v) is 15.1. The molecule has 3 aromatic carbocycles. The lowest BCUT2D eigenvalue weighted by Gasteiger charge is -2.25. The molecule has 0 saturated heterocycles. The first-order valence-electron chi connectivity index (χ1n) is 13.9. The Hall–Kier alpha value is -4.87. The van der Waals surface area contributed by atoms with Gasteiger partial charge in [0.25, 0.3) is 11.5 Å². The molecule has 5 rings (SSSR count). The van der Waals surface area contributed by atoms with Crippen LogP contribution in [0.25, 0.3) is 6.08 Å². The highest BCUT2D eigenvalue weighted by Gasteiger charge is 2.33. The third kappa shape index (κ3) is 6.79. The summed E-state index contributed by atoms with van der Waals surface area (Å²) in [7, 11) is 3.00. The van der Waals surface area contributed by atoms with Gasteiger partial charge in [-0.25, -0.2) is 9.79 Å². The van der Waals surface area contributed by atoms with E-state index in [4.69, 9.17) is 30.5 Å². The van der Waals surface area contributed by atoms with Crippen LogP contribution in [0.1, 0.15) is 31.0 Å². The second kappa shape index (κ2) is 13.8. The van der Waals surface area contributed by atoms with Crippen molar-refractivity contribution in [2.75, 3.05) is 32.8 Å². The fraction of sp³-hybridized carbons (Fsp3) is 0.212. The molecule has 0 saturated carbocycles. The van der Waals surface area contributed by atoms with E-state index < -0.39 is 12.0 Å². The molecule has 1 aromatic heterocycles. The van der Waals surface area contributed by atoms with E-state index in [9.17, 15) is 14.4 Å². The highest BCUT2D eigenvalue weighted by molar-refractivity contribution is 7.07. The van der Waals surface area contributed by atoms with Gasteiger partial charge in [-0.3, -0.25) is 14.2 Å². The van der Waals surface area contributed by atoms with Crippen molar-refractivity contribution in [3.8, 4) is 17.2 Å². The molecule has 232 valence electrons. The summed E-state index contributed by atoms with van der Waals surface area (Å²) in [5.74, 6) is 0.112. The molecule has 0 radical (unpaired) electrons. The number of thiazole rings is 1. The number of carbonyl (C=O) groups is 2. The minimum Gasteiger partial charge on any atom is -0.497 e. The maximum absolute atomic E-state index is 14.1. The molecule has 1 atom stereocenters. The second-order valence-corrected chi connectivity index (χ2v) is 11.2. The zero-order valence-corrected chi connectivity index (χ0v) is 26.5. The number of fused-ring (bicyclic) bond motifs is 1. The van der Waals surface area contributed by atoms with E-state index in [1.165, 1.54) is 23.0 Å². The zero-order chi connectivity index (χ0) is 32.1. The fourth-order valence-electron chi connectivity index (χ4n) is 4.91. The molecule has 0 aliphatic carbocycles. The fourth-order valence-corrected chi connectivity index (χ4v) is 6.23. The van der Waals surface area contributed by atoms with Crippen LogP contribution >= 0.6 is 22.9 Å². The number of amides is 1.